The van der Waals surface area contributed by atoms with Crippen molar-refractivity contribution in [3.63, 3.8) is 0 Å². The minimum absolute atomic E-state index is 0.0757. The molecule has 9 heteroatoms. The summed E-state index contributed by atoms with van der Waals surface area (Å²) < 4.78 is 64.3. The van der Waals surface area contributed by atoms with Crippen LogP contribution in [0.5, 0.6) is 0 Å². The maximum atomic E-state index is 13.4. The summed E-state index contributed by atoms with van der Waals surface area (Å²) in [5.41, 5.74) is -3.68. The number of alkyl halides is 5. The van der Waals surface area contributed by atoms with Gasteiger partial charge in [-0.3, -0.25) is 9.59 Å². The van der Waals surface area contributed by atoms with E-state index in [0.717, 1.165) is 18.9 Å². The van der Waals surface area contributed by atoms with Gasteiger partial charge in [-0.2, -0.15) is 22.0 Å². The van der Waals surface area contributed by atoms with E-state index < -0.39 is 40.4 Å². The zero-order chi connectivity index (χ0) is 16.7. The minimum Gasteiger partial charge on any atom is -0.349 e. The Balaban J connectivity index is 2.47. The Morgan fingerprint density at radius 3 is 2.36 bits per heavy atom. The molecule has 0 atom stereocenters. The quantitative estimate of drug-likeness (QED) is 0.836. The van der Waals surface area contributed by atoms with E-state index in [1.807, 2.05) is 0 Å². The first-order chi connectivity index (χ1) is 10.1. The van der Waals surface area contributed by atoms with Gasteiger partial charge in [-0.05, 0) is 30.9 Å². The van der Waals surface area contributed by atoms with Gasteiger partial charge >= 0.3 is 12.1 Å². The Morgan fingerprint density at radius 2 is 1.91 bits per heavy atom. The van der Waals surface area contributed by atoms with Crippen LogP contribution in [0.15, 0.2) is 10.9 Å². The van der Waals surface area contributed by atoms with Crippen molar-refractivity contribution in [2.75, 3.05) is 0 Å². The number of aryl methyl sites for hydroxylation is 1. The number of amides is 1. The summed E-state index contributed by atoms with van der Waals surface area (Å²) in [6.07, 6.45) is -4.54. The van der Waals surface area contributed by atoms with Crippen LogP contribution in [0.3, 0.4) is 0 Å². The minimum atomic E-state index is -5.84. The lowest BCUT2D eigenvalue weighted by Gasteiger charge is -2.22. The van der Waals surface area contributed by atoms with Crippen LogP contribution in [-0.2, 0) is 12.3 Å². The number of aromatic amines is 1. The molecular weight excluding hydrogens is 311 g/mol. The highest BCUT2D eigenvalue weighted by Gasteiger charge is 2.60. The number of pyridine rings is 1. The number of carbonyl (C=O) groups is 1. The molecule has 1 fully saturated rings. The van der Waals surface area contributed by atoms with Gasteiger partial charge in [0.1, 0.15) is 11.3 Å². The number of hydrogen-bond donors (Lipinski definition) is 2. The van der Waals surface area contributed by atoms with E-state index in [4.69, 9.17) is 0 Å². The smallest absolute Gasteiger partial charge is 0.349 e. The summed E-state index contributed by atoms with van der Waals surface area (Å²) in [5.74, 6) is -5.97. The van der Waals surface area contributed by atoms with Crippen LogP contribution < -0.4 is 10.9 Å². The summed E-state index contributed by atoms with van der Waals surface area (Å²) in [6.45, 7) is 1.35. The number of hydrogen-bond acceptors (Lipinski definition) is 2. The van der Waals surface area contributed by atoms with E-state index in [2.05, 4.69) is 5.32 Å². The molecule has 0 unspecified atom stereocenters. The summed E-state index contributed by atoms with van der Waals surface area (Å²) in [4.78, 5) is 25.0. The normalized spacial score (nSPS) is 15.7. The lowest BCUT2D eigenvalue weighted by Crippen LogP contribution is -2.39. The van der Waals surface area contributed by atoms with E-state index in [0.29, 0.717) is 0 Å². The van der Waals surface area contributed by atoms with E-state index >= 15 is 0 Å². The molecule has 1 aromatic rings. The van der Waals surface area contributed by atoms with E-state index in [1.54, 1.807) is 0 Å². The van der Waals surface area contributed by atoms with Gasteiger partial charge in [0.15, 0.2) is 0 Å². The second kappa shape index (κ2) is 5.36. The third-order valence-corrected chi connectivity index (χ3v) is 3.33. The molecule has 2 rings (SSSR count). The van der Waals surface area contributed by atoms with Crippen LogP contribution in [-0.4, -0.2) is 23.1 Å². The first-order valence-electron chi connectivity index (χ1n) is 6.60. The maximum Gasteiger partial charge on any atom is 0.459 e. The van der Waals surface area contributed by atoms with Crippen LogP contribution >= 0.6 is 0 Å². The topological polar surface area (TPSA) is 62.0 Å². The monoisotopic (exact) mass is 324 g/mol. The van der Waals surface area contributed by atoms with Gasteiger partial charge in [0.2, 0.25) is 0 Å². The first kappa shape index (κ1) is 16.4. The Morgan fingerprint density at radius 1 is 1.32 bits per heavy atom. The van der Waals surface area contributed by atoms with Gasteiger partial charge < -0.3 is 10.3 Å². The highest BCUT2D eigenvalue weighted by atomic mass is 19.4. The van der Waals surface area contributed by atoms with Gasteiger partial charge in [-0.25, -0.2) is 0 Å². The van der Waals surface area contributed by atoms with Crippen LogP contribution in [0.25, 0.3) is 0 Å². The van der Waals surface area contributed by atoms with Crippen LogP contribution in [0, 0.1) is 0 Å². The Hall–Kier alpha value is -1.93. The van der Waals surface area contributed by atoms with E-state index in [1.165, 1.54) is 11.9 Å². The molecule has 1 saturated carbocycles. The van der Waals surface area contributed by atoms with Crippen molar-refractivity contribution in [3.8, 4) is 0 Å². The Kier molecular flexibility index (Phi) is 4.01. The molecule has 1 amide bonds. The summed E-state index contributed by atoms with van der Waals surface area (Å²) in [6, 6.07) is 0.721. The van der Waals surface area contributed by atoms with Crippen molar-refractivity contribution in [1.29, 1.82) is 0 Å². The number of halogens is 5. The number of nitrogens with one attached hydrogen (secondary N) is 2. The summed E-state index contributed by atoms with van der Waals surface area (Å²) in [7, 11) is 0. The molecule has 0 bridgehead atoms. The predicted molar refractivity (Wildman–Crippen MR) is 66.9 cm³/mol. The SMILES string of the molecule is CCc1cc(C(=O)NC2CC2)c(=O)[nH]c1C(F)(F)C(F)(F)F. The molecule has 0 spiro atoms. The molecule has 4 nitrogen and oxygen atoms in total. The Labute approximate surface area is 121 Å². The molecule has 0 aliphatic heterocycles. The van der Waals surface area contributed by atoms with Crippen molar-refractivity contribution in [2.45, 2.75) is 44.3 Å². The second-order valence-corrected chi connectivity index (χ2v) is 5.09. The summed E-state index contributed by atoms with van der Waals surface area (Å²) >= 11 is 0. The highest BCUT2D eigenvalue weighted by molar-refractivity contribution is 5.94. The molecule has 1 aliphatic carbocycles. The average Bonchev–Trinajstić information content (AvgIpc) is 3.20. The third-order valence-electron chi connectivity index (χ3n) is 3.33. The average molecular weight is 324 g/mol. The fraction of sp³-hybridized carbons (Fsp3) is 0.538. The lowest BCUT2D eigenvalue weighted by atomic mass is 10.0. The van der Waals surface area contributed by atoms with Crippen molar-refractivity contribution < 1.29 is 26.7 Å². The molecule has 122 valence electrons. The molecule has 0 radical (unpaired) electrons. The van der Waals surface area contributed by atoms with Crippen LogP contribution in [0.4, 0.5) is 22.0 Å². The zero-order valence-electron chi connectivity index (χ0n) is 11.5. The Bertz CT molecular complexity index is 647. The third kappa shape index (κ3) is 2.97. The van der Waals surface area contributed by atoms with Gasteiger partial charge in [0.25, 0.3) is 11.5 Å². The zero-order valence-corrected chi connectivity index (χ0v) is 11.5. The van der Waals surface area contributed by atoms with Crippen LogP contribution in [0.2, 0.25) is 0 Å². The van der Waals surface area contributed by atoms with Gasteiger partial charge in [-0.15, -0.1) is 0 Å². The number of H-pyrrole nitrogens is 1. The van der Waals surface area contributed by atoms with Crippen molar-refractivity contribution >= 4 is 5.91 Å². The van der Waals surface area contributed by atoms with Crippen molar-refractivity contribution in [2.24, 2.45) is 0 Å². The van der Waals surface area contributed by atoms with Gasteiger partial charge in [-0.1, -0.05) is 6.92 Å². The second-order valence-electron chi connectivity index (χ2n) is 5.09. The lowest BCUT2D eigenvalue weighted by molar-refractivity contribution is -0.291. The van der Waals surface area contributed by atoms with Crippen LogP contribution in [0.1, 0.15) is 41.4 Å². The molecule has 2 N–H and O–H groups in total. The standard InChI is InChI=1S/C13H13F5N2O2/c1-2-6-5-8(10(21)19-7-3-4-7)11(22)20-9(6)12(14,15)13(16,17)18/h5,7H,2-4H2,1H3,(H,19,21)(H,20,22). The van der Waals surface area contributed by atoms with E-state index in [9.17, 15) is 31.5 Å². The largest absolute Gasteiger partial charge is 0.459 e. The van der Waals surface area contributed by atoms with Crippen molar-refractivity contribution in [3.05, 3.63) is 33.2 Å². The predicted octanol–water partition coefficient (Wildman–Crippen LogP) is 2.48. The number of aromatic nitrogens is 1. The van der Waals surface area contributed by atoms with Gasteiger partial charge in [0, 0.05) is 6.04 Å². The van der Waals surface area contributed by atoms with Crippen molar-refractivity contribution in [1.82, 2.24) is 10.3 Å². The molecule has 1 heterocycles. The highest BCUT2D eigenvalue weighted by Crippen LogP contribution is 2.44. The van der Waals surface area contributed by atoms with E-state index in [-0.39, 0.29) is 12.5 Å². The molecular formula is C13H13F5N2O2. The fourth-order valence-electron chi connectivity index (χ4n) is 1.93. The maximum absolute atomic E-state index is 13.4. The molecule has 1 aliphatic rings. The number of carbonyl (C=O) groups excluding carboxylic acids is 1. The molecule has 22 heavy (non-hydrogen) atoms. The first-order valence-corrected chi connectivity index (χ1v) is 6.60. The van der Waals surface area contributed by atoms with Gasteiger partial charge in [0.05, 0.1) is 0 Å². The molecule has 0 aromatic carbocycles. The molecule has 1 aromatic heterocycles. The summed E-state index contributed by atoms with van der Waals surface area (Å²) in [5, 5.41) is 2.48. The molecule has 0 saturated heterocycles. The number of rotatable bonds is 4. The fourth-order valence-corrected chi connectivity index (χ4v) is 1.93.